The monoisotopic (exact) mass is 474 g/mol. The lowest BCUT2D eigenvalue weighted by molar-refractivity contribution is -0.142. The zero-order valence-corrected chi connectivity index (χ0v) is 18.7. The van der Waals surface area contributed by atoms with E-state index in [1.165, 1.54) is 12.5 Å². The molecule has 0 unspecified atom stereocenters. The number of rotatable bonds is 14. The molecule has 0 spiro atoms. The van der Waals surface area contributed by atoms with E-state index in [-0.39, 0.29) is 19.4 Å². The van der Waals surface area contributed by atoms with Gasteiger partial charge in [-0.15, -0.1) is 0 Å². The summed E-state index contributed by atoms with van der Waals surface area (Å²) in [5.74, 6) is -2.50. The summed E-state index contributed by atoms with van der Waals surface area (Å²) in [6.45, 7) is 0.0265. The number of carboxylic acid groups (broad SMARTS) is 1. The maximum atomic E-state index is 12.8. The van der Waals surface area contributed by atoms with Crippen molar-refractivity contribution in [1.29, 1.82) is 0 Å². The van der Waals surface area contributed by atoms with Crippen LogP contribution in [0.5, 0.6) is 0 Å². The summed E-state index contributed by atoms with van der Waals surface area (Å²) in [6.07, 6.45) is 3.52. The van der Waals surface area contributed by atoms with Gasteiger partial charge < -0.3 is 36.5 Å². The van der Waals surface area contributed by atoms with Gasteiger partial charge in [-0.25, -0.2) is 14.6 Å². The van der Waals surface area contributed by atoms with Crippen molar-refractivity contribution in [3.8, 4) is 0 Å². The van der Waals surface area contributed by atoms with Gasteiger partial charge in [-0.05, 0) is 31.4 Å². The van der Waals surface area contributed by atoms with Crippen molar-refractivity contribution in [1.82, 2.24) is 25.9 Å². The van der Waals surface area contributed by atoms with Gasteiger partial charge in [0.15, 0.2) is 0 Å². The minimum atomic E-state index is -1.18. The van der Waals surface area contributed by atoms with Crippen molar-refractivity contribution in [2.24, 2.45) is 5.73 Å². The smallest absolute Gasteiger partial charge is 0.407 e. The molecule has 2 rings (SSSR count). The predicted molar refractivity (Wildman–Crippen MR) is 121 cm³/mol. The summed E-state index contributed by atoms with van der Waals surface area (Å²) in [5.41, 5.74) is 6.79. The fourth-order valence-electron chi connectivity index (χ4n) is 3.02. The van der Waals surface area contributed by atoms with Gasteiger partial charge in [0.25, 0.3) is 0 Å². The number of hydrogen-bond donors (Lipinski definition) is 6. The lowest BCUT2D eigenvalue weighted by Gasteiger charge is -2.21. The van der Waals surface area contributed by atoms with Crippen LogP contribution in [0.3, 0.4) is 0 Å². The first kappa shape index (κ1) is 26.3. The Labute approximate surface area is 196 Å². The van der Waals surface area contributed by atoms with Gasteiger partial charge in [-0.2, -0.15) is 0 Å². The minimum Gasteiger partial charge on any atom is -0.480 e. The Kier molecular flexibility index (Phi) is 11.0. The Morgan fingerprint density at radius 2 is 1.85 bits per heavy atom. The molecule has 184 valence electrons. The number of unbranched alkanes of at least 4 members (excludes halogenated alkanes) is 1. The molecule has 34 heavy (non-hydrogen) atoms. The summed E-state index contributed by atoms with van der Waals surface area (Å²) in [6, 6.07) is 6.82. The second-order valence-corrected chi connectivity index (χ2v) is 7.50. The topological polar surface area (TPSA) is 189 Å². The highest BCUT2D eigenvalue weighted by molar-refractivity contribution is 5.91. The molecule has 0 saturated carbocycles. The lowest BCUT2D eigenvalue weighted by Crippen LogP contribution is -2.54. The van der Waals surface area contributed by atoms with E-state index in [4.69, 9.17) is 10.5 Å². The average molecular weight is 475 g/mol. The number of alkyl carbamates (subject to hydrolysis) is 1. The van der Waals surface area contributed by atoms with Crippen molar-refractivity contribution in [2.45, 2.75) is 44.4 Å². The van der Waals surface area contributed by atoms with Gasteiger partial charge in [-0.3, -0.25) is 9.59 Å². The van der Waals surface area contributed by atoms with Crippen molar-refractivity contribution < 1.29 is 29.0 Å². The quantitative estimate of drug-likeness (QED) is 0.207. The Hall–Kier alpha value is -3.93. The van der Waals surface area contributed by atoms with Crippen LogP contribution >= 0.6 is 0 Å². The first-order valence-electron chi connectivity index (χ1n) is 10.8. The Balaban J connectivity index is 1.90. The molecular weight excluding hydrogens is 444 g/mol. The van der Waals surface area contributed by atoms with Crippen molar-refractivity contribution in [3.05, 3.63) is 54.1 Å². The van der Waals surface area contributed by atoms with Crippen molar-refractivity contribution in [2.75, 3.05) is 13.1 Å². The Bertz CT molecular complexity index is 921. The zero-order valence-electron chi connectivity index (χ0n) is 18.7. The molecule has 1 aromatic heterocycles. The Morgan fingerprint density at radius 1 is 1.09 bits per heavy atom. The third-order valence-corrected chi connectivity index (χ3v) is 4.80. The van der Waals surface area contributed by atoms with Crippen LogP contribution in [0.2, 0.25) is 0 Å². The number of imidazole rings is 1. The molecule has 0 saturated heterocycles. The number of carboxylic acids is 1. The number of nitrogens with two attached hydrogens (primary N) is 1. The van der Waals surface area contributed by atoms with E-state index in [1.54, 1.807) is 12.1 Å². The number of ether oxygens (including phenoxy) is 1. The van der Waals surface area contributed by atoms with Crippen LogP contribution < -0.4 is 21.7 Å². The third kappa shape index (κ3) is 9.69. The third-order valence-electron chi connectivity index (χ3n) is 4.80. The molecule has 0 aliphatic rings. The number of amides is 3. The molecule has 0 bridgehead atoms. The van der Waals surface area contributed by atoms with Gasteiger partial charge in [0.1, 0.15) is 25.2 Å². The summed E-state index contributed by atoms with van der Waals surface area (Å²) in [4.78, 5) is 55.3. The van der Waals surface area contributed by atoms with Crippen molar-refractivity contribution in [3.63, 3.8) is 0 Å². The largest absolute Gasteiger partial charge is 0.480 e. The average Bonchev–Trinajstić information content (AvgIpc) is 3.34. The Morgan fingerprint density at radius 3 is 2.50 bits per heavy atom. The lowest BCUT2D eigenvalue weighted by atomic mass is 10.1. The van der Waals surface area contributed by atoms with Crippen LogP contribution in [0.1, 0.15) is 30.5 Å². The van der Waals surface area contributed by atoms with Crippen LogP contribution in [0.25, 0.3) is 0 Å². The number of carbonyl (C=O) groups excluding carboxylic acids is 3. The van der Waals surface area contributed by atoms with E-state index in [0.717, 1.165) is 5.56 Å². The second kappa shape index (κ2) is 14.3. The first-order valence-corrected chi connectivity index (χ1v) is 10.8. The highest BCUT2D eigenvalue weighted by Crippen LogP contribution is 2.04. The number of nitrogens with one attached hydrogen (secondary N) is 4. The highest BCUT2D eigenvalue weighted by Gasteiger charge is 2.27. The van der Waals surface area contributed by atoms with Gasteiger partial charge in [0, 0.05) is 18.3 Å². The zero-order chi connectivity index (χ0) is 24.8. The van der Waals surface area contributed by atoms with E-state index < -0.39 is 42.5 Å². The number of carbonyl (C=O) groups is 4. The summed E-state index contributed by atoms with van der Waals surface area (Å²) in [7, 11) is 0. The van der Waals surface area contributed by atoms with Gasteiger partial charge in [0.05, 0.1) is 6.33 Å². The fraction of sp³-hybridized carbons (Fsp3) is 0.409. The van der Waals surface area contributed by atoms with Crippen LogP contribution in [-0.4, -0.2) is 64.1 Å². The molecule has 3 amide bonds. The van der Waals surface area contributed by atoms with Gasteiger partial charge in [-0.1, -0.05) is 30.3 Å². The number of benzene rings is 1. The molecule has 12 nitrogen and oxygen atoms in total. The number of aromatic nitrogens is 2. The molecule has 0 fully saturated rings. The predicted octanol–water partition coefficient (Wildman–Crippen LogP) is 0.0618. The van der Waals surface area contributed by atoms with Crippen LogP contribution in [0.4, 0.5) is 4.79 Å². The van der Waals surface area contributed by atoms with E-state index in [2.05, 4.69) is 25.9 Å². The second-order valence-electron chi connectivity index (χ2n) is 7.50. The van der Waals surface area contributed by atoms with Crippen LogP contribution in [-0.2, 0) is 32.1 Å². The number of aromatic amines is 1. The first-order chi connectivity index (χ1) is 16.4. The fourth-order valence-corrected chi connectivity index (χ4v) is 3.02. The van der Waals surface area contributed by atoms with E-state index in [1.807, 2.05) is 18.2 Å². The normalized spacial score (nSPS) is 12.3. The summed E-state index contributed by atoms with van der Waals surface area (Å²) in [5, 5.41) is 16.7. The maximum absolute atomic E-state index is 12.8. The molecule has 2 aromatic rings. The molecule has 2 atom stereocenters. The summed E-state index contributed by atoms with van der Waals surface area (Å²) >= 11 is 0. The van der Waals surface area contributed by atoms with E-state index >= 15 is 0 Å². The SMILES string of the molecule is NCCCC[C@H](NC(=O)[C@H](Cc1cnc[nH]1)NC(=O)CNC(=O)OCc1ccccc1)C(=O)O. The standard InChI is InChI=1S/C22H30N6O6/c23-9-5-4-8-17(21(31)32)28-20(30)18(10-16-11-24-14-26-16)27-19(29)12-25-22(33)34-13-15-6-2-1-3-7-15/h1-3,6-7,11,14,17-18H,4-5,8-10,12-13,23H2,(H,24,26)(H,25,33)(H,27,29)(H,28,30)(H,31,32)/t17-,18-/m0/s1. The van der Waals surface area contributed by atoms with Crippen molar-refractivity contribution >= 4 is 23.9 Å². The van der Waals surface area contributed by atoms with Gasteiger partial charge >= 0.3 is 12.1 Å². The van der Waals surface area contributed by atoms with Crippen LogP contribution in [0.15, 0.2) is 42.9 Å². The number of hydrogen-bond acceptors (Lipinski definition) is 7. The summed E-state index contributed by atoms with van der Waals surface area (Å²) < 4.78 is 5.05. The molecule has 0 aliphatic carbocycles. The number of H-pyrrole nitrogens is 1. The molecule has 1 heterocycles. The molecular formula is C22H30N6O6. The molecule has 7 N–H and O–H groups in total. The highest BCUT2D eigenvalue weighted by atomic mass is 16.5. The number of aliphatic carboxylic acids is 1. The molecule has 1 aromatic carbocycles. The van der Waals surface area contributed by atoms with E-state index in [9.17, 15) is 24.3 Å². The molecule has 0 radical (unpaired) electrons. The van der Waals surface area contributed by atoms with Crippen LogP contribution in [0, 0.1) is 0 Å². The van der Waals surface area contributed by atoms with E-state index in [0.29, 0.717) is 25.1 Å². The minimum absolute atomic E-state index is 0.0415. The number of nitrogens with zero attached hydrogens (tertiary/aromatic N) is 1. The maximum Gasteiger partial charge on any atom is 0.407 e. The van der Waals surface area contributed by atoms with Gasteiger partial charge in [0.2, 0.25) is 11.8 Å². The molecule has 12 heteroatoms. The molecule has 0 aliphatic heterocycles.